The minimum atomic E-state index is -0.703. The largest absolute Gasteiger partial charge is 0.481 e. The molecule has 0 aromatic heterocycles. The van der Waals surface area contributed by atoms with Gasteiger partial charge in [0.05, 0.1) is 0 Å². The molecule has 0 spiro atoms. The number of rotatable bonds is 8. The molecule has 0 aliphatic rings. The summed E-state index contributed by atoms with van der Waals surface area (Å²) in [5, 5.41) is 11.9. The number of nitrogens with one attached hydrogen (secondary N) is 1. The average Bonchev–Trinajstić information content (AvgIpc) is 2.33. The quantitative estimate of drug-likeness (QED) is 0.709. The molecular weight excluding hydrogens is 238 g/mol. The summed E-state index contributed by atoms with van der Waals surface area (Å²) >= 11 is 0. The number of carboxylic acids is 1. The van der Waals surface area contributed by atoms with Gasteiger partial charge in [0.2, 0.25) is 0 Å². The number of carbonyl (C=O) groups is 1. The van der Waals surface area contributed by atoms with Gasteiger partial charge in [-0.05, 0) is 75.4 Å². The van der Waals surface area contributed by atoms with Crippen molar-refractivity contribution in [2.24, 2.45) is 0 Å². The summed E-state index contributed by atoms with van der Waals surface area (Å²) in [4.78, 5) is 10.3. The molecular formula is C16H25NO2. The third-order valence-electron chi connectivity index (χ3n) is 3.52. The first-order valence-corrected chi connectivity index (χ1v) is 7.00. The second kappa shape index (κ2) is 7.95. The summed E-state index contributed by atoms with van der Waals surface area (Å²) in [6, 6.07) is 4.52. The minimum Gasteiger partial charge on any atom is -0.481 e. The van der Waals surface area contributed by atoms with E-state index >= 15 is 0 Å². The van der Waals surface area contributed by atoms with E-state index in [2.05, 4.69) is 38.2 Å². The highest BCUT2D eigenvalue weighted by Crippen LogP contribution is 2.15. The Kier molecular flexibility index (Phi) is 6.57. The highest BCUT2D eigenvalue weighted by molar-refractivity contribution is 5.66. The van der Waals surface area contributed by atoms with Gasteiger partial charge in [0, 0.05) is 6.42 Å². The van der Waals surface area contributed by atoms with Crippen LogP contribution in [0.15, 0.2) is 12.1 Å². The molecule has 1 aromatic carbocycles. The van der Waals surface area contributed by atoms with E-state index in [1.54, 1.807) is 0 Å². The topological polar surface area (TPSA) is 49.3 Å². The molecule has 0 bridgehead atoms. The maximum Gasteiger partial charge on any atom is 0.303 e. The van der Waals surface area contributed by atoms with Gasteiger partial charge in [0.25, 0.3) is 0 Å². The summed E-state index contributed by atoms with van der Waals surface area (Å²) in [5.41, 5.74) is 5.46. The lowest BCUT2D eigenvalue weighted by Gasteiger charge is -2.10. The number of unbranched alkanes of at least 4 members (excludes halogenated alkanes) is 1. The Labute approximate surface area is 116 Å². The van der Waals surface area contributed by atoms with Gasteiger partial charge in [0.1, 0.15) is 0 Å². The van der Waals surface area contributed by atoms with Gasteiger partial charge in [-0.3, -0.25) is 4.79 Å². The molecule has 0 unspecified atom stereocenters. The fourth-order valence-electron chi connectivity index (χ4n) is 2.16. The zero-order chi connectivity index (χ0) is 14.3. The predicted molar refractivity (Wildman–Crippen MR) is 78.7 cm³/mol. The SMILES string of the molecule is Cc1cc(C)c(CCNCCCCC(=O)O)cc1C. The van der Waals surface area contributed by atoms with Gasteiger partial charge in [-0.1, -0.05) is 12.1 Å². The van der Waals surface area contributed by atoms with Gasteiger partial charge in [-0.15, -0.1) is 0 Å². The van der Waals surface area contributed by atoms with Crippen molar-refractivity contribution in [3.8, 4) is 0 Å². The highest BCUT2D eigenvalue weighted by atomic mass is 16.4. The van der Waals surface area contributed by atoms with Crippen molar-refractivity contribution < 1.29 is 9.90 Å². The van der Waals surface area contributed by atoms with E-state index in [9.17, 15) is 4.79 Å². The Bertz CT molecular complexity index is 427. The second-order valence-corrected chi connectivity index (χ2v) is 5.21. The highest BCUT2D eigenvalue weighted by Gasteiger charge is 2.02. The number of carboxylic acid groups (broad SMARTS) is 1. The zero-order valence-corrected chi connectivity index (χ0v) is 12.3. The van der Waals surface area contributed by atoms with Gasteiger partial charge in [-0.2, -0.15) is 0 Å². The number of hydrogen-bond donors (Lipinski definition) is 2. The van der Waals surface area contributed by atoms with E-state index in [1.807, 2.05) is 0 Å². The number of aliphatic carboxylic acids is 1. The van der Waals surface area contributed by atoms with E-state index in [0.29, 0.717) is 0 Å². The summed E-state index contributed by atoms with van der Waals surface area (Å²) in [5.74, 6) is -0.703. The molecule has 0 fully saturated rings. The summed E-state index contributed by atoms with van der Waals surface area (Å²) in [6.45, 7) is 8.31. The lowest BCUT2D eigenvalue weighted by atomic mass is 9.99. The van der Waals surface area contributed by atoms with Gasteiger partial charge in [0.15, 0.2) is 0 Å². The lowest BCUT2D eigenvalue weighted by Crippen LogP contribution is -2.19. The van der Waals surface area contributed by atoms with Crippen molar-refractivity contribution in [1.29, 1.82) is 0 Å². The van der Waals surface area contributed by atoms with Crippen LogP contribution in [0.4, 0.5) is 0 Å². The van der Waals surface area contributed by atoms with Crippen LogP contribution in [0.2, 0.25) is 0 Å². The smallest absolute Gasteiger partial charge is 0.303 e. The van der Waals surface area contributed by atoms with Crippen LogP contribution in [0.1, 0.15) is 41.5 Å². The van der Waals surface area contributed by atoms with Crippen LogP contribution in [0, 0.1) is 20.8 Å². The Morgan fingerprint density at radius 1 is 1.05 bits per heavy atom. The molecule has 0 amide bonds. The number of hydrogen-bond acceptors (Lipinski definition) is 2. The van der Waals surface area contributed by atoms with Crippen molar-refractivity contribution >= 4 is 5.97 Å². The standard InChI is InChI=1S/C16H25NO2/c1-12-10-14(3)15(11-13(12)2)7-9-17-8-5-4-6-16(18)19/h10-11,17H,4-9H2,1-3H3,(H,18,19). The molecule has 0 radical (unpaired) electrons. The van der Waals surface area contributed by atoms with E-state index in [1.165, 1.54) is 22.3 Å². The molecule has 1 rings (SSSR count). The van der Waals surface area contributed by atoms with Crippen molar-refractivity contribution in [3.63, 3.8) is 0 Å². The summed E-state index contributed by atoms with van der Waals surface area (Å²) in [7, 11) is 0. The van der Waals surface area contributed by atoms with Crippen LogP contribution in [0.5, 0.6) is 0 Å². The van der Waals surface area contributed by atoms with Crippen LogP contribution in [-0.4, -0.2) is 24.2 Å². The molecule has 0 aliphatic carbocycles. The number of aryl methyl sites for hydroxylation is 3. The summed E-state index contributed by atoms with van der Waals surface area (Å²) < 4.78 is 0. The van der Waals surface area contributed by atoms with Crippen LogP contribution < -0.4 is 5.32 Å². The first-order chi connectivity index (χ1) is 9.00. The molecule has 0 saturated heterocycles. The average molecular weight is 263 g/mol. The van der Waals surface area contributed by atoms with Crippen LogP contribution in [0.3, 0.4) is 0 Å². The fraction of sp³-hybridized carbons (Fsp3) is 0.562. The first kappa shape index (κ1) is 15.7. The molecule has 0 saturated carbocycles. The van der Waals surface area contributed by atoms with Gasteiger partial charge < -0.3 is 10.4 Å². The first-order valence-electron chi connectivity index (χ1n) is 7.00. The van der Waals surface area contributed by atoms with Gasteiger partial charge >= 0.3 is 5.97 Å². The van der Waals surface area contributed by atoms with Gasteiger partial charge in [-0.25, -0.2) is 0 Å². The molecule has 1 aromatic rings. The van der Waals surface area contributed by atoms with Crippen molar-refractivity contribution in [3.05, 3.63) is 34.4 Å². The van der Waals surface area contributed by atoms with Crippen molar-refractivity contribution in [1.82, 2.24) is 5.32 Å². The molecule has 19 heavy (non-hydrogen) atoms. The Morgan fingerprint density at radius 3 is 2.42 bits per heavy atom. The third kappa shape index (κ3) is 5.88. The molecule has 0 atom stereocenters. The number of benzene rings is 1. The van der Waals surface area contributed by atoms with E-state index in [0.717, 1.165) is 32.4 Å². The maximum absolute atomic E-state index is 10.3. The van der Waals surface area contributed by atoms with E-state index < -0.39 is 5.97 Å². The minimum absolute atomic E-state index is 0.276. The molecule has 106 valence electrons. The molecule has 3 nitrogen and oxygen atoms in total. The fourth-order valence-corrected chi connectivity index (χ4v) is 2.16. The lowest BCUT2D eigenvalue weighted by molar-refractivity contribution is -0.137. The van der Waals surface area contributed by atoms with Crippen molar-refractivity contribution in [2.75, 3.05) is 13.1 Å². The predicted octanol–water partition coefficient (Wildman–Crippen LogP) is 3.00. The normalized spacial score (nSPS) is 10.7. The Hall–Kier alpha value is -1.35. The second-order valence-electron chi connectivity index (χ2n) is 5.21. The summed E-state index contributed by atoms with van der Waals surface area (Å²) in [6.07, 6.45) is 2.99. The molecule has 3 heteroatoms. The molecule has 2 N–H and O–H groups in total. The van der Waals surface area contributed by atoms with Crippen molar-refractivity contribution in [2.45, 2.75) is 46.5 Å². The molecule has 0 aliphatic heterocycles. The molecule has 0 heterocycles. The maximum atomic E-state index is 10.3. The van der Waals surface area contributed by atoms with E-state index in [4.69, 9.17) is 5.11 Å². The van der Waals surface area contributed by atoms with Crippen LogP contribution in [0.25, 0.3) is 0 Å². The van der Waals surface area contributed by atoms with E-state index in [-0.39, 0.29) is 6.42 Å². The third-order valence-corrected chi connectivity index (χ3v) is 3.52. The monoisotopic (exact) mass is 263 g/mol. The zero-order valence-electron chi connectivity index (χ0n) is 12.3. The van der Waals surface area contributed by atoms with Crippen LogP contribution in [-0.2, 0) is 11.2 Å². The Balaban J connectivity index is 2.23. The van der Waals surface area contributed by atoms with Crippen LogP contribution >= 0.6 is 0 Å². The Morgan fingerprint density at radius 2 is 1.74 bits per heavy atom.